The van der Waals surface area contributed by atoms with Crippen LogP contribution in [0.2, 0.25) is 0 Å². The van der Waals surface area contributed by atoms with Gasteiger partial charge >= 0.3 is 6.03 Å². The van der Waals surface area contributed by atoms with Crippen molar-refractivity contribution in [2.24, 2.45) is 0 Å². The number of urea groups is 1. The van der Waals surface area contributed by atoms with Gasteiger partial charge in [0.15, 0.2) is 0 Å². The lowest BCUT2D eigenvalue weighted by Crippen LogP contribution is -2.41. The van der Waals surface area contributed by atoms with Gasteiger partial charge in [0, 0.05) is 24.5 Å². The summed E-state index contributed by atoms with van der Waals surface area (Å²) in [6.07, 6.45) is 5.77. The molecule has 1 aromatic heterocycles. The second-order valence-electron chi connectivity index (χ2n) is 4.46. The maximum absolute atomic E-state index is 11.9. The number of likely N-dealkylation sites (tertiary alicyclic amines) is 1. The number of carbonyl (C=O) groups is 1. The Morgan fingerprint density at radius 3 is 2.71 bits per heavy atom. The topological polar surface area (TPSA) is 32.3 Å². The van der Waals surface area contributed by atoms with Gasteiger partial charge in [0.1, 0.15) is 0 Å². The van der Waals surface area contributed by atoms with E-state index in [1.165, 1.54) is 17.7 Å². The van der Waals surface area contributed by atoms with Crippen LogP contribution in [-0.2, 0) is 6.42 Å². The Bertz CT molecular complexity index is 329. The van der Waals surface area contributed by atoms with Crippen LogP contribution >= 0.6 is 11.3 Å². The summed E-state index contributed by atoms with van der Waals surface area (Å²) in [6.45, 7) is 2.59. The van der Waals surface area contributed by atoms with Gasteiger partial charge in [-0.1, -0.05) is 18.9 Å². The predicted octanol–water partition coefficient (Wildman–Crippen LogP) is 2.88. The van der Waals surface area contributed by atoms with Gasteiger partial charge in [-0.25, -0.2) is 4.79 Å². The van der Waals surface area contributed by atoms with Crippen LogP contribution in [0.1, 0.15) is 30.6 Å². The summed E-state index contributed by atoms with van der Waals surface area (Å²) in [5.41, 5.74) is 0. The average molecular weight is 252 g/mol. The van der Waals surface area contributed by atoms with Crippen LogP contribution in [-0.4, -0.2) is 30.6 Å². The number of rotatable bonds is 3. The van der Waals surface area contributed by atoms with Gasteiger partial charge < -0.3 is 10.2 Å². The molecule has 1 aliphatic heterocycles. The largest absolute Gasteiger partial charge is 0.338 e. The maximum Gasteiger partial charge on any atom is 0.317 e. The maximum atomic E-state index is 11.9. The lowest BCUT2D eigenvalue weighted by Gasteiger charge is -2.20. The number of hydrogen-bond donors (Lipinski definition) is 1. The number of nitrogens with one attached hydrogen (secondary N) is 1. The highest BCUT2D eigenvalue weighted by Crippen LogP contribution is 2.10. The van der Waals surface area contributed by atoms with Crippen LogP contribution in [0.3, 0.4) is 0 Å². The first kappa shape index (κ1) is 12.4. The van der Waals surface area contributed by atoms with E-state index in [2.05, 4.69) is 22.8 Å². The van der Waals surface area contributed by atoms with Gasteiger partial charge in [0.2, 0.25) is 0 Å². The smallest absolute Gasteiger partial charge is 0.317 e. The fraction of sp³-hybridized carbons (Fsp3) is 0.615. The van der Waals surface area contributed by atoms with Gasteiger partial charge in [-0.15, -0.1) is 11.3 Å². The molecule has 1 fully saturated rings. The summed E-state index contributed by atoms with van der Waals surface area (Å²) in [7, 11) is 0. The van der Waals surface area contributed by atoms with Crippen molar-refractivity contribution in [3.05, 3.63) is 22.4 Å². The fourth-order valence-electron chi connectivity index (χ4n) is 2.13. The molecule has 1 saturated heterocycles. The van der Waals surface area contributed by atoms with E-state index >= 15 is 0 Å². The molecule has 2 rings (SSSR count). The average Bonchev–Trinajstić information content (AvgIpc) is 2.69. The minimum Gasteiger partial charge on any atom is -0.338 e. The first-order valence-corrected chi connectivity index (χ1v) is 7.29. The Hall–Kier alpha value is -1.03. The summed E-state index contributed by atoms with van der Waals surface area (Å²) < 4.78 is 0. The lowest BCUT2D eigenvalue weighted by molar-refractivity contribution is 0.200. The second-order valence-corrected chi connectivity index (χ2v) is 5.49. The predicted molar refractivity (Wildman–Crippen MR) is 71.5 cm³/mol. The van der Waals surface area contributed by atoms with E-state index < -0.39 is 0 Å². The van der Waals surface area contributed by atoms with Crippen molar-refractivity contribution in [1.82, 2.24) is 10.2 Å². The summed E-state index contributed by atoms with van der Waals surface area (Å²) >= 11 is 1.75. The number of amides is 2. The summed E-state index contributed by atoms with van der Waals surface area (Å²) in [5, 5.41) is 5.09. The molecule has 0 radical (unpaired) electrons. The quantitative estimate of drug-likeness (QED) is 0.881. The van der Waals surface area contributed by atoms with Gasteiger partial charge in [-0.05, 0) is 30.7 Å². The van der Waals surface area contributed by atoms with E-state index in [1.807, 2.05) is 4.90 Å². The molecule has 2 heterocycles. The second kappa shape index (κ2) is 6.64. The minimum atomic E-state index is 0.114. The first-order valence-electron chi connectivity index (χ1n) is 6.41. The Labute approximate surface area is 107 Å². The van der Waals surface area contributed by atoms with Crippen molar-refractivity contribution in [2.45, 2.75) is 32.1 Å². The molecule has 0 aromatic carbocycles. The highest BCUT2D eigenvalue weighted by Gasteiger charge is 2.14. The molecule has 0 saturated carbocycles. The zero-order chi connectivity index (χ0) is 11.9. The van der Waals surface area contributed by atoms with E-state index in [-0.39, 0.29) is 6.03 Å². The zero-order valence-corrected chi connectivity index (χ0v) is 11.0. The van der Waals surface area contributed by atoms with Crippen molar-refractivity contribution in [3.8, 4) is 0 Å². The van der Waals surface area contributed by atoms with Crippen molar-refractivity contribution < 1.29 is 4.79 Å². The van der Waals surface area contributed by atoms with Crippen LogP contribution in [0.4, 0.5) is 4.79 Å². The summed E-state index contributed by atoms with van der Waals surface area (Å²) in [5.74, 6) is 0. The van der Waals surface area contributed by atoms with Crippen LogP contribution < -0.4 is 5.32 Å². The first-order chi connectivity index (χ1) is 8.36. The number of hydrogen-bond acceptors (Lipinski definition) is 2. The minimum absolute atomic E-state index is 0.114. The summed E-state index contributed by atoms with van der Waals surface area (Å²) in [4.78, 5) is 15.2. The number of carbonyl (C=O) groups excluding carboxylic acids is 1. The third kappa shape index (κ3) is 4.04. The molecule has 94 valence electrons. The van der Waals surface area contributed by atoms with E-state index in [0.717, 1.165) is 38.9 Å². The molecular formula is C13H20N2OS. The molecule has 1 N–H and O–H groups in total. The molecule has 0 atom stereocenters. The van der Waals surface area contributed by atoms with Crippen molar-refractivity contribution in [1.29, 1.82) is 0 Å². The SMILES string of the molecule is O=C(NCCc1cccs1)N1CCCCCC1. The third-order valence-corrected chi connectivity index (χ3v) is 4.06. The normalized spacial score (nSPS) is 16.6. The monoisotopic (exact) mass is 252 g/mol. The van der Waals surface area contributed by atoms with Gasteiger partial charge in [-0.2, -0.15) is 0 Å². The highest BCUT2D eigenvalue weighted by molar-refractivity contribution is 7.09. The van der Waals surface area contributed by atoms with E-state index in [9.17, 15) is 4.79 Å². The molecule has 1 aromatic rings. The van der Waals surface area contributed by atoms with Crippen molar-refractivity contribution in [2.75, 3.05) is 19.6 Å². The van der Waals surface area contributed by atoms with Crippen molar-refractivity contribution in [3.63, 3.8) is 0 Å². The molecule has 3 nitrogen and oxygen atoms in total. The third-order valence-electron chi connectivity index (χ3n) is 3.12. The molecular weight excluding hydrogens is 232 g/mol. The van der Waals surface area contributed by atoms with Crippen LogP contribution in [0, 0.1) is 0 Å². The number of thiophene rings is 1. The molecule has 4 heteroatoms. The molecule has 1 aliphatic rings. The molecule has 0 unspecified atom stereocenters. The molecule has 17 heavy (non-hydrogen) atoms. The van der Waals surface area contributed by atoms with Gasteiger partial charge in [0.25, 0.3) is 0 Å². The van der Waals surface area contributed by atoms with E-state index in [1.54, 1.807) is 11.3 Å². The Kier molecular flexibility index (Phi) is 4.86. The van der Waals surface area contributed by atoms with Crippen LogP contribution in [0.5, 0.6) is 0 Å². The molecule has 0 aliphatic carbocycles. The van der Waals surface area contributed by atoms with Gasteiger partial charge in [0.05, 0.1) is 0 Å². The molecule has 0 bridgehead atoms. The van der Waals surface area contributed by atoms with Crippen molar-refractivity contribution >= 4 is 17.4 Å². The summed E-state index contributed by atoms with van der Waals surface area (Å²) in [6, 6.07) is 4.28. The Morgan fingerprint density at radius 2 is 2.06 bits per heavy atom. The van der Waals surface area contributed by atoms with Crippen LogP contribution in [0.25, 0.3) is 0 Å². The fourth-order valence-corrected chi connectivity index (χ4v) is 2.84. The molecule has 2 amide bonds. The van der Waals surface area contributed by atoms with E-state index in [0.29, 0.717) is 0 Å². The standard InChI is InChI=1S/C13H20N2OS/c16-13(15-9-3-1-2-4-10-15)14-8-7-12-6-5-11-17-12/h5-6,11H,1-4,7-10H2,(H,14,16). The Morgan fingerprint density at radius 1 is 1.29 bits per heavy atom. The number of nitrogens with zero attached hydrogens (tertiary/aromatic N) is 1. The van der Waals surface area contributed by atoms with Crippen LogP contribution in [0.15, 0.2) is 17.5 Å². The highest BCUT2D eigenvalue weighted by atomic mass is 32.1. The Balaban J connectivity index is 1.69. The van der Waals surface area contributed by atoms with E-state index in [4.69, 9.17) is 0 Å². The van der Waals surface area contributed by atoms with Gasteiger partial charge in [-0.3, -0.25) is 0 Å². The zero-order valence-electron chi connectivity index (χ0n) is 10.2. The lowest BCUT2D eigenvalue weighted by atomic mass is 10.2. The molecule has 0 spiro atoms.